The van der Waals surface area contributed by atoms with Crippen molar-refractivity contribution in [3.8, 4) is 11.5 Å². The molecule has 0 radical (unpaired) electrons. The van der Waals surface area contributed by atoms with Crippen LogP contribution in [0.5, 0.6) is 11.5 Å². The molecule has 2 heterocycles. The molecule has 1 saturated heterocycles. The predicted molar refractivity (Wildman–Crippen MR) is 116 cm³/mol. The molecule has 0 amide bonds. The molecule has 0 atom stereocenters. The highest BCUT2D eigenvalue weighted by molar-refractivity contribution is 7.90. The average Bonchev–Trinajstić information content (AvgIpc) is 3.19. The third kappa shape index (κ3) is 3.75. The first-order valence-electron chi connectivity index (χ1n) is 9.09. The molecule has 1 fully saturated rings. The van der Waals surface area contributed by atoms with E-state index in [0.717, 1.165) is 37.3 Å². The van der Waals surface area contributed by atoms with E-state index in [9.17, 15) is 8.42 Å². The summed E-state index contributed by atoms with van der Waals surface area (Å²) in [7, 11) is -0.906. The van der Waals surface area contributed by atoms with E-state index in [1.54, 1.807) is 18.3 Å². The van der Waals surface area contributed by atoms with Crippen molar-refractivity contribution in [1.29, 1.82) is 0 Å². The van der Waals surface area contributed by atoms with Crippen LogP contribution in [-0.2, 0) is 10.0 Å². The molecule has 4 rings (SSSR count). The van der Waals surface area contributed by atoms with Crippen LogP contribution in [0.1, 0.15) is 0 Å². The third-order valence-electron chi connectivity index (χ3n) is 5.04. The third-order valence-corrected chi connectivity index (χ3v) is 6.75. The summed E-state index contributed by atoms with van der Waals surface area (Å²) in [5, 5.41) is 4.25. The van der Waals surface area contributed by atoms with Gasteiger partial charge in [-0.05, 0) is 30.3 Å². The minimum absolute atomic E-state index is 0. The topological polar surface area (TPSA) is 72.8 Å². The van der Waals surface area contributed by atoms with Gasteiger partial charge in [-0.15, -0.1) is 12.4 Å². The van der Waals surface area contributed by atoms with E-state index >= 15 is 0 Å². The van der Waals surface area contributed by atoms with Crippen molar-refractivity contribution in [2.45, 2.75) is 4.90 Å². The maximum Gasteiger partial charge on any atom is 0.271 e. The van der Waals surface area contributed by atoms with E-state index in [1.165, 1.54) is 24.3 Å². The Bertz CT molecular complexity index is 1110. The number of aromatic nitrogens is 1. The molecule has 3 aromatic rings. The molecule has 7 nitrogen and oxygen atoms in total. The van der Waals surface area contributed by atoms with Gasteiger partial charge in [0.15, 0.2) is 0 Å². The van der Waals surface area contributed by atoms with Crippen LogP contribution in [-0.4, -0.2) is 52.8 Å². The zero-order valence-electron chi connectivity index (χ0n) is 16.3. The summed E-state index contributed by atoms with van der Waals surface area (Å²) in [6.07, 6.45) is 1.60. The summed E-state index contributed by atoms with van der Waals surface area (Å²) in [5.41, 5.74) is 1.69. The van der Waals surface area contributed by atoms with E-state index in [0.29, 0.717) is 11.3 Å². The molecule has 0 bridgehead atoms. The number of ether oxygens (including phenoxy) is 2. The average molecular weight is 438 g/mol. The van der Waals surface area contributed by atoms with Gasteiger partial charge in [-0.1, -0.05) is 6.07 Å². The molecule has 9 heteroatoms. The number of benzene rings is 2. The van der Waals surface area contributed by atoms with Crippen molar-refractivity contribution < 1.29 is 17.9 Å². The Balaban J connectivity index is 0.00000240. The number of hydrogen-bond acceptors (Lipinski definition) is 6. The first-order valence-corrected chi connectivity index (χ1v) is 10.5. The highest BCUT2D eigenvalue weighted by Gasteiger charge is 2.25. The fourth-order valence-corrected chi connectivity index (χ4v) is 5.13. The quantitative estimate of drug-likeness (QED) is 0.661. The van der Waals surface area contributed by atoms with Gasteiger partial charge in [0.2, 0.25) is 0 Å². The number of hydrogen-bond donors (Lipinski definition) is 1. The first kappa shape index (κ1) is 21.3. The number of nitrogens with zero attached hydrogens (tertiary/aromatic N) is 2. The van der Waals surface area contributed by atoms with E-state index < -0.39 is 10.0 Å². The monoisotopic (exact) mass is 437 g/mol. The van der Waals surface area contributed by atoms with E-state index in [-0.39, 0.29) is 23.1 Å². The smallest absolute Gasteiger partial charge is 0.271 e. The van der Waals surface area contributed by atoms with E-state index in [4.69, 9.17) is 9.47 Å². The zero-order chi connectivity index (χ0) is 19.7. The number of halogens is 1. The second-order valence-electron chi connectivity index (χ2n) is 6.58. The minimum Gasteiger partial charge on any atom is -0.497 e. The van der Waals surface area contributed by atoms with Crippen molar-refractivity contribution in [3.63, 3.8) is 0 Å². The van der Waals surface area contributed by atoms with Gasteiger partial charge in [-0.2, -0.15) is 0 Å². The molecule has 0 saturated carbocycles. The molecular formula is C20H24ClN3O4S. The van der Waals surface area contributed by atoms with Gasteiger partial charge in [0, 0.05) is 49.5 Å². The van der Waals surface area contributed by atoms with Gasteiger partial charge in [0.1, 0.15) is 16.4 Å². The summed E-state index contributed by atoms with van der Waals surface area (Å²) in [4.78, 5) is 2.35. The molecule has 1 aliphatic rings. The Morgan fingerprint density at radius 2 is 1.76 bits per heavy atom. The van der Waals surface area contributed by atoms with Gasteiger partial charge in [0.25, 0.3) is 10.0 Å². The SMILES string of the molecule is COc1ccc(OC)c(S(=O)(=O)n2ccc3c(N4CCNCC4)cccc32)c1.Cl. The lowest BCUT2D eigenvalue weighted by atomic mass is 10.2. The number of anilines is 1. The Morgan fingerprint density at radius 1 is 1.00 bits per heavy atom. The predicted octanol–water partition coefficient (Wildman–Crippen LogP) is 2.73. The fraction of sp³-hybridized carbons (Fsp3) is 0.300. The molecule has 1 aliphatic heterocycles. The number of rotatable bonds is 5. The fourth-order valence-electron chi connectivity index (χ4n) is 3.61. The van der Waals surface area contributed by atoms with Crippen molar-refractivity contribution in [3.05, 3.63) is 48.7 Å². The summed E-state index contributed by atoms with van der Waals surface area (Å²) in [5.74, 6) is 0.734. The first-order chi connectivity index (χ1) is 13.6. The molecule has 1 aromatic heterocycles. The van der Waals surface area contributed by atoms with Gasteiger partial charge >= 0.3 is 0 Å². The Labute approximate surface area is 176 Å². The molecule has 0 aliphatic carbocycles. The van der Waals surface area contributed by atoms with Crippen LogP contribution in [0, 0.1) is 0 Å². The van der Waals surface area contributed by atoms with Gasteiger partial charge < -0.3 is 19.7 Å². The van der Waals surface area contributed by atoms with Crippen molar-refractivity contribution in [2.75, 3.05) is 45.3 Å². The molecule has 156 valence electrons. The zero-order valence-corrected chi connectivity index (χ0v) is 17.9. The lowest BCUT2D eigenvalue weighted by Crippen LogP contribution is -2.43. The highest BCUT2D eigenvalue weighted by atomic mass is 35.5. The van der Waals surface area contributed by atoms with Crippen molar-refractivity contribution in [1.82, 2.24) is 9.29 Å². The molecular weight excluding hydrogens is 414 g/mol. The van der Waals surface area contributed by atoms with Crippen LogP contribution >= 0.6 is 12.4 Å². The molecule has 29 heavy (non-hydrogen) atoms. The molecule has 0 spiro atoms. The molecule has 0 unspecified atom stereocenters. The van der Waals surface area contributed by atoms with Crippen LogP contribution in [0.4, 0.5) is 5.69 Å². The maximum absolute atomic E-state index is 13.4. The van der Waals surface area contributed by atoms with Crippen LogP contribution < -0.4 is 19.7 Å². The Hall–Kier alpha value is -2.42. The van der Waals surface area contributed by atoms with Gasteiger partial charge in [-0.3, -0.25) is 0 Å². The highest BCUT2D eigenvalue weighted by Crippen LogP contribution is 2.34. The summed E-state index contributed by atoms with van der Waals surface area (Å²) >= 11 is 0. The van der Waals surface area contributed by atoms with Crippen LogP contribution in [0.25, 0.3) is 10.9 Å². The number of methoxy groups -OCH3 is 2. The number of fused-ring (bicyclic) bond motifs is 1. The van der Waals surface area contributed by atoms with Crippen LogP contribution in [0.15, 0.2) is 53.6 Å². The second kappa shape index (κ2) is 8.52. The standard InChI is InChI=1S/C20H23N3O4S.ClH/c1-26-15-6-7-19(27-2)20(14-15)28(24,25)23-11-8-16-17(4-3-5-18(16)23)22-12-9-21-10-13-22;/h3-8,11,14,21H,9-10,12-13H2,1-2H3;1H. The van der Waals surface area contributed by atoms with Crippen LogP contribution in [0.2, 0.25) is 0 Å². The van der Waals surface area contributed by atoms with E-state index in [2.05, 4.69) is 10.2 Å². The maximum atomic E-state index is 13.4. The van der Waals surface area contributed by atoms with Crippen molar-refractivity contribution >= 4 is 39.0 Å². The van der Waals surface area contributed by atoms with Gasteiger partial charge in [-0.25, -0.2) is 12.4 Å². The normalized spacial score (nSPS) is 14.5. The summed E-state index contributed by atoms with van der Waals surface area (Å²) in [6, 6.07) is 12.4. The lowest BCUT2D eigenvalue weighted by Gasteiger charge is -2.30. The summed E-state index contributed by atoms with van der Waals surface area (Å²) in [6.45, 7) is 3.61. The van der Waals surface area contributed by atoms with Crippen LogP contribution in [0.3, 0.4) is 0 Å². The van der Waals surface area contributed by atoms with E-state index in [1.807, 2.05) is 24.3 Å². The largest absolute Gasteiger partial charge is 0.497 e. The second-order valence-corrected chi connectivity index (χ2v) is 8.36. The van der Waals surface area contributed by atoms with Crippen molar-refractivity contribution in [2.24, 2.45) is 0 Å². The Kier molecular flexibility index (Phi) is 6.26. The minimum atomic E-state index is -3.86. The number of nitrogens with one attached hydrogen (secondary N) is 1. The molecule has 1 N–H and O–H groups in total. The summed E-state index contributed by atoms with van der Waals surface area (Å²) < 4.78 is 38.7. The molecule has 2 aromatic carbocycles. The van der Waals surface area contributed by atoms with Gasteiger partial charge in [0.05, 0.1) is 19.7 Å². The Morgan fingerprint density at radius 3 is 2.45 bits per heavy atom. The number of piperazine rings is 1. The lowest BCUT2D eigenvalue weighted by molar-refractivity contribution is 0.392.